The molecule has 4 aromatic rings. The lowest BCUT2D eigenvalue weighted by Crippen LogP contribution is -2.21. The Balaban J connectivity index is 2.08. The lowest BCUT2D eigenvalue weighted by atomic mass is 10.2. The van der Waals surface area contributed by atoms with Crippen LogP contribution in [0.15, 0.2) is 79.6 Å². The molecule has 0 saturated heterocycles. The first kappa shape index (κ1) is 19.4. The zero-order valence-electron chi connectivity index (χ0n) is 13.5. The summed E-state index contributed by atoms with van der Waals surface area (Å²) in [4.78, 5) is 23.5. The van der Waals surface area contributed by atoms with E-state index in [-0.39, 0.29) is 21.0 Å². The van der Waals surface area contributed by atoms with Crippen molar-refractivity contribution in [3.05, 3.63) is 77.3 Å². The van der Waals surface area contributed by atoms with Crippen molar-refractivity contribution < 1.29 is 17.3 Å². The van der Waals surface area contributed by atoms with Crippen LogP contribution >= 0.6 is 43.5 Å². The van der Waals surface area contributed by atoms with Crippen LogP contribution in [0.3, 0.4) is 0 Å². The van der Waals surface area contributed by atoms with Crippen molar-refractivity contribution in [3.8, 4) is 0 Å². The second kappa shape index (κ2) is 6.84. The van der Waals surface area contributed by atoms with Crippen LogP contribution < -0.4 is 11.3 Å². The Morgan fingerprint density at radius 1 is 0.929 bits per heavy atom. The number of sulfone groups is 1. The topological polar surface area (TPSA) is 94.6 Å². The van der Waals surface area contributed by atoms with Crippen molar-refractivity contribution in [3.63, 3.8) is 0 Å². The summed E-state index contributed by atoms with van der Waals surface area (Å²) in [5.41, 5.74) is -1.87. The number of halogens is 3. The number of hydrogen-bond acceptors (Lipinski definition) is 6. The predicted molar refractivity (Wildman–Crippen MR) is 111 cm³/mol. The molecule has 0 spiro atoms. The number of rotatable bonds is 2. The predicted octanol–water partition coefficient (Wildman–Crippen LogP) is 4.91. The van der Waals surface area contributed by atoms with Crippen molar-refractivity contribution in [2.24, 2.45) is 0 Å². The molecule has 28 heavy (non-hydrogen) atoms. The summed E-state index contributed by atoms with van der Waals surface area (Å²) in [7, 11) is -4.56. The highest BCUT2D eigenvalue weighted by Gasteiger charge is 2.31. The molecule has 0 bridgehead atoms. The number of fused-ring (bicyclic) bond motifs is 2. The van der Waals surface area contributed by atoms with Gasteiger partial charge in [-0.15, -0.1) is 0 Å². The molecule has 0 N–H and O–H groups in total. The Morgan fingerprint density at radius 2 is 1.64 bits per heavy atom. The molecule has 0 aliphatic heterocycles. The molecule has 0 fully saturated rings. The van der Waals surface area contributed by atoms with Gasteiger partial charge in [-0.1, -0.05) is 29.8 Å². The zero-order valence-corrected chi connectivity index (χ0v) is 18.3. The average Bonchev–Trinajstić information content (AvgIpc) is 2.61. The van der Waals surface area contributed by atoms with Gasteiger partial charge >= 0.3 is 11.3 Å². The molecule has 0 radical (unpaired) electrons. The molecular weight excluding hydrogens is 540 g/mol. The second-order valence-corrected chi connectivity index (χ2v) is 9.68. The minimum absolute atomic E-state index is 0.00567. The molecule has 142 valence electrons. The first-order valence-electron chi connectivity index (χ1n) is 7.59. The van der Waals surface area contributed by atoms with Gasteiger partial charge in [0.15, 0.2) is 15.4 Å². The highest BCUT2D eigenvalue weighted by Crippen LogP contribution is 2.33. The van der Waals surface area contributed by atoms with E-state index in [0.717, 1.165) is 6.07 Å². The van der Waals surface area contributed by atoms with Crippen LogP contribution in [0, 0.1) is 0 Å². The van der Waals surface area contributed by atoms with Gasteiger partial charge < -0.3 is 8.83 Å². The Kier molecular flexibility index (Phi) is 4.73. The quantitative estimate of drug-likeness (QED) is 0.332. The molecule has 6 nitrogen and oxygen atoms in total. The maximum absolute atomic E-state index is 13.2. The molecule has 10 heteroatoms. The summed E-state index contributed by atoms with van der Waals surface area (Å²) >= 11 is 12.4. The third-order valence-electron chi connectivity index (χ3n) is 3.99. The Morgan fingerprint density at radius 3 is 2.39 bits per heavy atom. The van der Waals surface area contributed by atoms with Gasteiger partial charge in [-0.25, -0.2) is 18.0 Å². The molecule has 4 rings (SSSR count). The summed E-state index contributed by atoms with van der Waals surface area (Å²) in [6.45, 7) is 0. The Bertz CT molecular complexity index is 1500. The highest BCUT2D eigenvalue weighted by atomic mass is 79.9. The van der Waals surface area contributed by atoms with Gasteiger partial charge in [0.25, 0.3) is 0 Å². The van der Waals surface area contributed by atoms with E-state index in [1.807, 2.05) is 0 Å². The van der Waals surface area contributed by atoms with Gasteiger partial charge in [0.1, 0.15) is 5.58 Å². The Labute approximate surface area is 178 Å². The molecule has 0 atom stereocenters. The van der Waals surface area contributed by atoms with Gasteiger partial charge in [-0.05, 0) is 56.1 Å². The molecule has 0 amide bonds. The fraction of sp³-hybridized carbons (Fsp3) is 0. The summed E-state index contributed by atoms with van der Waals surface area (Å²) in [6.07, 6.45) is 0. The average molecular weight is 547 g/mol. The first-order valence-corrected chi connectivity index (χ1v) is 11.0. The maximum Gasteiger partial charge on any atom is 0.356 e. The number of hydrogen-bond donors (Lipinski definition) is 0. The van der Waals surface area contributed by atoms with Crippen LogP contribution in [0.5, 0.6) is 0 Å². The molecule has 2 heterocycles. The van der Waals surface area contributed by atoms with Crippen LogP contribution in [0.1, 0.15) is 0 Å². The van der Waals surface area contributed by atoms with Gasteiger partial charge in [0, 0.05) is 15.8 Å². The lowest BCUT2D eigenvalue weighted by Gasteiger charge is -2.08. The van der Waals surface area contributed by atoms with Gasteiger partial charge in [-0.2, -0.15) is 0 Å². The van der Waals surface area contributed by atoms with E-state index in [4.69, 9.17) is 20.4 Å². The van der Waals surface area contributed by atoms with Crippen LogP contribution in [0.2, 0.25) is 5.02 Å². The third-order valence-corrected chi connectivity index (χ3v) is 7.65. The maximum atomic E-state index is 13.2. The van der Waals surface area contributed by atoms with Crippen molar-refractivity contribution in [2.75, 3.05) is 0 Å². The van der Waals surface area contributed by atoms with E-state index < -0.39 is 30.9 Å². The third kappa shape index (κ3) is 3.02. The van der Waals surface area contributed by atoms with Crippen molar-refractivity contribution in [1.82, 2.24) is 0 Å². The van der Waals surface area contributed by atoms with Crippen LogP contribution in [0.4, 0.5) is 0 Å². The molecule has 2 aromatic heterocycles. The van der Waals surface area contributed by atoms with Gasteiger partial charge in [0.2, 0.25) is 9.84 Å². The second-order valence-electron chi connectivity index (χ2n) is 5.74. The fourth-order valence-electron chi connectivity index (χ4n) is 2.76. The monoisotopic (exact) mass is 544 g/mol. The van der Waals surface area contributed by atoms with Gasteiger partial charge in [0.05, 0.1) is 8.95 Å². The Hall–Kier alpha value is -1.94. The van der Waals surface area contributed by atoms with Crippen molar-refractivity contribution in [1.29, 1.82) is 0 Å². The summed E-state index contributed by atoms with van der Waals surface area (Å²) < 4.78 is 37.0. The van der Waals surface area contributed by atoms with Crippen LogP contribution in [0.25, 0.3) is 21.9 Å². The first-order chi connectivity index (χ1) is 13.2. The number of para-hydroxylation sites is 1. The smallest absolute Gasteiger partial charge is 0.356 e. The fourth-order valence-corrected chi connectivity index (χ4v) is 6.17. The molecule has 0 aliphatic carbocycles. The minimum atomic E-state index is -4.56. The van der Waals surface area contributed by atoms with E-state index in [0.29, 0.717) is 14.9 Å². The largest absolute Gasteiger partial charge is 0.422 e. The normalized spacial score (nSPS) is 12.0. The molecule has 0 saturated carbocycles. The van der Waals surface area contributed by atoms with Crippen LogP contribution in [-0.4, -0.2) is 8.42 Å². The lowest BCUT2D eigenvalue weighted by molar-refractivity contribution is 0.519. The van der Waals surface area contributed by atoms with E-state index in [9.17, 15) is 18.0 Å². The molecule has 0 unspecified atom stereocenters. The SMILES string of the molecule is O=c1oc2c(Br)cc(Cl)cc2cc1S(=O)(=O)c1c(Br)c2ccccc2oc1=O. The minimum Gasteiger partial charge on any atom is -0.422 e. The van der Waals surface area contributed by atoms with Crippen molar-refractivity contribution in [2.45, 2.75) is 9.79 Å². The van der Waals surface area contributed by atoms with E-state index >= 15 is 0 Å². The van der Waals surface area contributed by atoms with E-state index in [2.05, 4.69) is 31.9 Å². The molecule has 2 aromatic carbocycles. The van der Waals surface area contributed by atoms with Crippen LogP contribution in [-0.2, 0) is 9.84 Å². The summed E-state index contributed by atoms with van der Waals surface area (Å²) in [5.74, 6) is 0. The summed E-state index contributed by atoms with van der Waals surface area (Å²) in [5, 5.41) is 0.957. The zero-order chi connectivity index (χ0) is 20.2. The molecular formula is C18H7Br2ClO6S. The van der Waals surface area contributed by atoms with Crippen molar-refractivity contribution >= 4 is 75.2 Å². The summed E-state index contributed by atoms with van der Waals surface area (Å²) in [6, 6.07) is 10.5. The number of benzene rings is 2. The van der Waals surface area contributed by atoms with Gasteiger partial charge in [-0.3, -0.25) is 0 Å². The standard InChI is InChI=1S/C18H7Br2ClO6S/c19-11-7-9(21)5-8-6-13(17(22)27-15(8)11)28(24,25)16-14(20)10-3-1-2-4-12(10)26-18(16)23/h1-7H. The van der Waals surface area contributed by atoms with E-state index in [1.54, 1.807) is 18.2 Å². The molecule has 0 aliphatic rings. The highest BCUT2D eigenvalue weighted by molar-refractivity contribution is 9.11. The van der Waals surface area contributed by atoms with E-state index in [1.165, 1.54) is 18.2 Å².